The fourth-order valence-corrected chi connectivity index (χ4v) is 1.92. The lowest BCUT2D eigenvalue weighted by molar-refractivity contribution is -0.134. The lowest BCUT2D eigenvalue weighted by Gasteiger charge is -2.07. The molecule has 23 heavy (non-hydrogen) atoms. The molecule has 0 aliphatic carbocycles. The summed E-state index contributed by atoms with van der Waals surface area (Å²) in [5.74, 6) is -0.372. The van der Waals surface area contributed by atoms with Crippen molar-refractivity contribution in [1.82, 2.24) is 5.32 Å². The number of amides is 1. The molecule has 5 nitrogen and oxygen atoms in total. The van der Waals surface area contributed by atoms with Gasteiger partial charge in [-0.25, -0.2) is 4.79 Å². The number of carbonyl (C=O) groups is 2. The largest absolute Gasteiger partial charge is 0.477 e. The Morgan fingerprint density at radius 2 is 1.78 bits per heavy atom. The first-order chi connectivity index (χ1) is 10.9. The highest BCUT2D eigenvalue weighted by atomic mass is 16.5. The van der Waals surface area contributed by atoms with Gasteiger partial charge in [0.25, 0.3) is 0 Å². The van der Waals surface area contributed by atoms with Gasteiger partial charge in [0.05, 0.1) is 0 Å². The van der Waals surface area contributed by atoms with Gasteiger partial charge in [0, 0.05) is 6.92 Å². The molecule has 0 radical (unpaired) electrons. The third-order valence-electron chi connectivity index (χ3n) is 2.97. The molecule has 0 unspecified atom stereocenters. The maximum atomic E-state index is 11.1. The average molecular weight is 311 g/mol. The van der Waals surface area contributed by atoms with Crippen molar-refractivity contribution >= 4 is 18.0 Å². The molecule has 0 spiro atoms. The fraction of sp³-hybridized carbons (Fsp3) is 0.111. The van der Waals surface area contributed by atoms with E-state index in [2.05, 4.69) is 5.32 Å². The summed E-state index contributed by atoms with van der Waals surface area (Å²) in [6.07, 6.45) is 1.38. The third kappa shape index (κ3) is 5.00. The van der Waals surface area contributed by atoms with Gasteiger partial charge >= 0.3 is 5.97 Å². The van der Waals surface area contributed by atoms with E-state index in [0.29, 0.717) is 17.1 Å². The number of carboxylic acid groups (broad SMARTS) is 1. The zero-order chi connectivity index (χ0) is 16.8. The maximum Gasteiger partial charge on any atom is 0.352 e. The van der Waals surface area contributed by atoms with Gasteiger partial charge in [-0.05, 0) is 42.8 Å². The van der Waals surface area contributed by atoms with Gasteiger partial charge in [-0.2, -0.15) is 0 Å². The van der Waals surface area contributed by atoms with E-state index in [0.717, 1.165) is 5.56 Å². The summed E-state index contributed by atoms with van der Waals surface area (Å²) >= 11 is 0. The van der Waals surface area contributed by atoms with E-state index in [4.69, 9.17) is 9.84 Å². The highest BCUT2D eigenvalue weighted by molar-refractivity contribution is 5.96. The van der Waals surface area contributed by atoms with E-state index in [1.54, 1.807) is 24.3 Å². The topological polar surface area (TPSA) is 75.6 Å². The second kappa shape index (κ2) is 7.26. The van der Waals surface area contributed by atoms with Gasteiger partial charge in [-0.15, -0.1) is 0 Å². The second-order valence-electron chi connectivity index (χ2n) is 5.03. The molecule has 1 amide bonds. The number of ether oxygens (including phenoxy) is 1. The number of aryl methyl sites for hydroxylation is 1. The SMILES string of the molecule is CC(=O)N/C(=C\c1cccc(Oc2ccc(C)cc2)c1)C(=O)O. The minimum atomic E-state index is -1.20. The molecule has 0 bridgehead atoms. The fourth-order valence-electron chi connectivity index (χ4n) is 1.92. The van der Waals surface area contributed by atoms with Crippen LogP contribution in [0.5, 0.6) is 11.5 Å². The molecule has 0 aliphatic rings. The molecule has 0 fully saturated rings. The van der Waals surface area contributed by atoms with E-state index < -0.39 is 11.9 Å². The highest BCUT2D eigenvalue weighted by Gasteiger charge is 2.09. The van der Waals surface area contributed by atoms with Gasteiger partial charge in [0.2, 0.25) is 5.91 Å². The average Bonchev–Trinajstić information content (AvgIpc) is 2.49. The molecule has 0 aromatic heterocycles. The predicted octanol–water partition coefficient (Wildman–Crippen LogP) is 3.35. The molecule has 0 atom stereocenters. The molecule has 2 rings (SSSR count). The van der Waals surface area contributed by atoms with E-state index in [1.165, 1.54) is 13.0 Å². The molecule has 0 heterocycles. The van der Waals surface area contributed by atoms with Crippen molar-refractivity contribution in [3.63, 3.8) is 0 Å². The van der Waals surface area contributed by atoms with Crippen LogP contribution in [0.15, 0.2) is 54.2 Å². The third-order valence-corrected chi connectivity index (χ3v) is 2.97. The molecule has 118 valence electrons. The van der Waals surface area contributed by atoms with Gasteiger partial charge in [0.1, 0.15) is 17.2 Å². The zero-order valence-corrected chi connectivity index (χ0v) is 12.9. The van der Waals surface area contributed by atoms with Crippen molar-refractivity contribution < 1.29 is 19.4 Å². The minimum absolute atomic E-state index is 0.190. The van der Waals surface area contributed by atoms with E-state index in [1.807, 2.05) is 31.2 Å². The van der Waals surface area contributed by atoms with Crippen LogP contribution < -0.4 is 10.1 Å². The second-order valence-corrected chi connectivity index (χ2v) is 5.03. The van der Waals surface area contributed by atoms with Crippen LogP contribution in [-0.2, 0) is 9.59 Å². The number of carbonyl (C=O) groups excluding carboxylic acids is 1. The van der Waals surface area contributed by atoms with Gasteiger partial charge in [-0.3, -0.25) is 4.79 Å². The van der Waals surface area contributed by atoms with Crippen LogP contribution in [0.3, 0.4) is 0 Å². The number of aliphatic carboxylic acids is 1. The molecule has 0 aliphatic heterocycles. The van der Waals surface area contributed by atoms with E-state index in [9.17, 15) is 9.59 Å². The Labute approximate surface area is 134 Å². The molecule has 0 saturated heterocycles. The van der Waals surface area contributed by atoms with Crippen molar-refractivity contribution in [2.24, 2.45) is 0 Å². The summed E-state index contributed by atoms with van der Waals surface area (Å²) in [5.41, 5.74) is 1.56. The van der Waals surface area contributed by atoms with Crippen molar-refractivity contribution in [1.29, 1.82) is 0 Å². The molecule has 5 heteroatoms. The summed E-state index contributed by atoms with van der Waals surface area (Å²) < 4.78 is 5.73. The molecular weight excluding hydrogens is 294 g/mol. The number of hydrogen-bond donors (Lipinski definition) is 2. The van der Waals surface area contributed by atoms with E-state index in [-0.39, 0.29) is 5.70 Å². The van der Waals surface area contributed by atoms with Crippen molar-refractivity contribution in [3.05, 3.63) is 65.4 Å². The Morgan fingerprint density at radius 1 is 1.09 bits per heavy atom. The van der Waals surface area contributed by atoms with Gasteiger partial charge in [-0.1, -0.05) is 29.8 Å². The van der Waals surface area contributed by atoms with Crippen LogP contribution in [-0.4, -0.2) is 17.0 Å². The van der Waals surface area contributed by atoms with Gasteiger partial charge in [0.15, 0.2) is 0 Å². The smallest absolute Gasteiger partial charge is 0.352 e. The standard InChI is InChI=1S/C18H17NO4/c1-12-6-8-15(9-7-12)23-16-5-3-4-14(10-16)11-17(18(21)22)19-13(2)20/h3-11H,1-2H3,(H,19,20)(H,21,22)/b17-11-. The van der Waals surface area contributed by atoms with Crippen molar-refractivity contribution in [2.75, 3.05) is 0 Å². The Hall–Kier alpha value is -3.08. The maximum absolute atomic E-state index is 11.1. The van der Waals surface area contributed by atoms with Crippen LogP contribution in [0.1, 0.15) is 18.1 Å². The van der Waals surface area contributed by atoms with Crippen LogP contribution in [0.4, 0.5) is 0 Å². The number of carboxylic acids is 1. The quantitative estimate of drug-likeness (QED) is 0.830. The summed E-state index contributed by atoms with van der Waals surface area (Å²) in [6, 6.07) is 14.6. The predicted molar refractivity (Wildman–Crippen MR) is 87.1 cm³/mol. The molecule has 0 saturated carbocycles. The molecule has 2 aromatic carbocycles. The minimum Gasteiger partial charge on any atom is -0.477 e. The van der Waals surface area contributed by atoms with Crippen LogP contribution in [0, 0.1) is 6.92 Å². The number of benzene rings is 2. The summed E-state index contributed by atoms with van der Waals surface area (Å²) in [4.78, 5) is 22.2. The first-order valence-corrected chi connectivity index (χ1v) is 7.01. The lowest BCUT2D eigenvalue weighted by atomic mass is 10.1. The van der Waals surface area contributed by atoms with E-state index >= 15 is 0 Å². The first kappa shape index (κ1) is 16.3. The monoisotopic (exact) mass is 311 g/mol. The van der Waals surface area contributed by atoms with Crippen LogP contribution in [0.2, 0.25) is 0 Å². The Balaban J connectivity index is 2.23. The molecular formula is C18H17NO4. The number of nitrogens with one attached hydrogen (secondary N) is 1. The summed E-state index contributed by atoms with van der Waals surface area (Å²) in [7, 11) is 0. The number of hydrogen-bond acceptors (Lipinski definition) is 3. The normalized spacial score (nSPS) is 11.0. The van der Waals surface area contributed by atoms with Gasteiger partial charge < -0.3 is 15.2 Å². The zero-order valence-electron chi connectivity index (χ0n) is 12.9. The summed E-state index contributed by atoms with van der Waals surface area (Å²) in [6.45, 7) is 3.25. The van der Waals surface area contributed by atoms with Crippen LogP contribution >= 0.6 is 0 Å². The lowest BCUT2D eigenvalue weighted by Crippen LogP contribution is -2.24. The highest BCUT2D eigenvalue weighted by Crippen LogP contribution is 2.23. The Bertz CT molecular complexity index is 748. The Kier molecular flexibility index (Phi) is 5.15. The van der Waals surface area contributed by atoms with Crippen molar-refractivity contribution in [3.8, 4) is 11.5 Å². The molecule has 2 N–H and O–H groups in total. The van der Waals surface area contributed by atoms with Crippen LogP contribution in [0.25, 0.3) is 6.08 Å². The number of rotatable bonds is 5. The first-order valence-electron chi connectivity index (χ1n) is 7.01. The summed E-state index contributed by atoms with van der Waals surface area (Å²) in [5, 5.41) is 11.4. The molecule has 2 aromatic rings. The Morgan fingerprint density at radius 3 is 2.39 bits per heavy atom. The van der Waals surface area contributed by atoms with Crippen molar-refractivity contribution in [2.45, 2.75) is 13.8 Å².